The van der Waals surface area contributed by atoms with Crippen LogP contribution in [0.15, 0.2) is 52.3 Å². The van der Waals surface area contributed by atoms with Gasteiger partial charge >= 0.3 is 0 Å². The third-order valence-corrected chi connectivity index (χ3v) is 21.5. The molecule has 4 amide bonds. The van der Waals surface area contributed by atoms with E-state index in [1.54, 1.807) is 47.0 Å². The largest absolute Gasteiger partial charge is 0.281 e. The minimum absolute atomic E-state index is 0.174. The summed E-state index contributed by atoms with van der Waals surface area (Å²) in [5, 5.41) is 0. The lowest BCUT2D eigenvalue weighted by atomic mass is 9.93. The van der Waals surface area contributed by atoms with Gasteiger partial charge in [-0.25, -0.2) is 19.9 Å². The van der Waals surface area contributed by atoms with Gasteiger partial charge in [0.1, 0.15) is 0 Å². The maximum Gasteiger partial charge on any atom is 0.281 e. The number of benzene rings is 2. The fourth-order valence-electron chi connectivity index (χ4n) is 11.4. The Morgan fingerprint density at radius 1 is 0.329 bits per heavy atom. The first-order chi connectivity index (χ1) is 37.2. The van der Waals surface area contributed by atoms with Gasteiger partial charge in [0.25, 0.3) is 23.6 Å². The topological polar surface area (TPSA) is 126 Å². The molecule has 0 fully saturated rings. The fourth-order valence-corrected chi connectivity index (χ4v) is 16.8. The molecule has 2 aromatic carbocycles. The van der Waals surface area contributed by atoms with Crippen molar-refractivity contribution in [1.82, 2.24) is 29.7 Å². The Hall–Kier alpha value is -3.46. The standard InChI is InChI=1S/C62H86N6O4S4/c1-5-9-13-17-21-23-27-31-35-43(33-29-25-19-15-11-7-3)41-67-57(69)53-54(58(67)70)64-46-38-50-49(37-45(46)63-53)73-61(74-50)62-75-51-39-47-48(40-52(51)76-62)66-56-55(65-47)59(71)68(60(56)72)42-44(34-30-26-20-16-12-8-4)36-32-28-24-22-18-14-10-6-2/h37-40,43-44H,5-36,41-42H2,1-4H3. The van der Waals surface area contributed by atoms with E-state index in [4.69, 9.17) is 19.9 Å². The number of nitrogens with zero attached hydrogens (tertiary/aromatic N) is 6. The summed E-state index contributed by atoms with van der Waals surface area (Å²) in [5.41, 5.74) is 3.17. The quantitative estimate of drug-likeness (QED) is 0.0318. The number of fused-ring (bicyclic) bond motifs is 6. The van der Waals surface area contributed by atoms with Crippen molar-refractivity contribution in [3.63, 3.8) is 0 Å². The minimum atomic E-state index is -0.315. The molecule has 8 rings (SSSR count). The van der Waals surface area contributed by atoms with Gasteiger partial charge in [0.05, 0.1) is 30.5 Å². The van der Waals surface area contributed by atoms with Gasteiger partial charge in [-0.05, 0) is 61.8 Å². The molecule has 4 aliphatic rings. The van der Waals surface area contributed by atoms with Crippen molar-refractivity contribution < 1.29 is 19.2 Å². The highest BCUT2D eigenvalue weighted by Crippen LogP contribution is 2.62. The molecule has 10 nitrogen and oxygen atoms in total. The lowest BCUT2D eigenvalue weighted by molar-refractivity contribution is 0.0603. The predicted molar refractivity (Wildman–Crippen MR) is 318 cm³/mol. The van der Waals surface area contributed by atoms with Crippen molar-refractivity contribution in [1.29, 1.82) is 0 Å². The molecule has 0 radical (unpaired) electrons. The molecule has 6 heterocycles. The predicted octanol–water partition coefficient (Wildman–Crippen LogP) is 18.8. The third kappa shape index (κ3) is 15.5. The average Bonchev–Trinajstić information content (AvgIpc) is 4.18. The number of hydrogen-bond donors (Lipinski definition) is 0. The molecule has 4 aromatic rings. The van der Waals surface area contributed by atoms with E-state index in [1.807, 2.05) is 24.3 Å². The van der Waals surface area contributed by atoms with Crippen molar-refractivity contribution in [2.45, 2.75) is 253 Å². The Bertz CT molecular complexity index is 2360. The van der Waals surface area contributed by atoms with Crippen LogP contribution in [0.25, 0.3) is 22.1 Å². The van der Waals surface area contributed by atoms with Crippen LogP contribution in [-0.2, 0) is 0 Å². The average molecular weight is 1110 g/mol. The molecule has 412 valence electrons. The summed E-state index contributed by atoms with van der Waals surface area (Å²) in [5.74, 6) is -0.694. The lowest BCUT2D eigenvalue weighted by Gasteiger charge is -2.22. The van der Waals surface area contributed by atoms with E-state index < -0.39 is 0 Å². The summed E-state index contributed by atoms with van der Waals surface area (Å²) in [7, 11) is 0. The van der Waals surface area contributed by atoms with E-state index in [9.17, 15) is 19.2 Å². The van der Waals surface area contributed by atoms with Gasteiger partial charge in [-0.1, -0.05) is 255 Å². The van der Waals surface area contributed by atoms with Crippen molar-refractivity contribution in [3.8, 4) is 0 Å². The molecular formula is C62H86N6O4S4. The van der Waals surface area contributed by atoms with Gasteiger partial charge in [-0.3, -0.25) is 29.0 Å². The van der Waals surface area contributed by atoms with Crippen LogP contribution in [0, 0.1) is 11.8 Å². The van der Waals surface area contributed by atoms with Crippen molar-refractivity contribution >= 4 is 92.7 Å². The van der Waals surface area contributed by atoms with Crippen LogP contribution < -0.4 is 0 Å². The summed E-state index contributed by atoms with van der Waals surface area (Å²) in [6.07, 6.45) is 39.1. The Labute approximate surface area is 471 Å². The van der Waals surface area contributed by atoms with Crippen LogP contribution >= 0.6 is 47.0 Å². The number of unbranched alkanes of at least 4 members (excludes halogenated alkanes) is 24. The maximum absolute atomic E-state index is 14.0. The van der Waals surface area contributed by atoms with E-state index >= 15 is 0 Å². The second kappa shape index (κ2) is 30.2. The molecule has 0 N–H and O–H groups in total. The Morgan fingerprint density at radius 2 is 0.539 bits per heavy atom. The number of carbonyl (C=O) groups is 4. The third-order valence-electron chi connectivity index (χ3n) is 16.0. The Kier molecular flexibility index (Phi) is 23.3. The van der Waals surface area contributed by atoms with Crippen molar-refractivity contribution in [2.24, 2.45) is 11.8 Å². The SMILES string of the molecule is CCCCCCCCCCC(CCCCCCCC)CN1C(=O)c2nc3cc4c(cc3nc2C1=O)SC(=C1Sc2cc3nc5c(nc3cc2S1)C(=O)N(CC(CCCCCCCC)CCCCCCCCCC)C5=O)S4. The zero-order valence-corrected chi connectivity index (χ0v) is 49.7. The van der Waals surface area contributed by atoms with Crippen LogP contribution in [0.2, 0.25) is 0 Å². The minimum Gasteiger partial charge on any atom is -0.271 e. The van der Waals surface area contributed by atoms with Gasteiger partial charge in [0.15, 0.2) is 22.8 Å². The van der Waals surface area contributed by atoms with E-state index in [1.165, 1.54) is 164 Å². The molecule has 2 aromatic heterocycles. The number of carbonyl (C=O) groups excluding carboxylic acids is 4. The molecule has 76 heavy (non-hydrogen) atoms. The zero-order valence-electron chi connectivity index (χ0n) is 46.5. The van der Waals surface area contributed by atoms with Gasteiger partial charge < -0.3 is 0 Å². The van der Waals surface area contributed by atoms with Crippen LogP contribution in [0.4, 0.5) is 0 Å². The van der Waals surface area contributed by atoms with E-state index in [2.05, 4.69) is 27.7 Å². The second-order valence-electron chi connectivity index (χ2n) is 22.2. The first kappa shape index (κ1) is 58.7. The normalized spacial score (nSPS) is 15.8. The highest BCUT2D eigenvalue weighted by molar-refractivity contribution is 8.30. The molecule has 0 bridgehead atoms. The van der Waals surface area contributed by atoms with Gasteiger partial charge in [0, 0.05) is 32.7 Å². The van der Waals surface area contributed by atoms with Gasteiger partial charge in [-0.2, -0.15) is 0 Å². The summed E-state index contributed by atoms with van der Waals surface area (Å²) >= 11 is 6.73. The summed E-state index contributed by atoms with van der Waals surface area (Å²) in [4.78, 5) is 82.5. The molecule has 0 spiro atoms. The molecule has 0 saturated carbocycles. The molecular weight excluding hydrogens is 1020 g/mol. The van der Waals surface area contributed by atoms with Crippen molar-refractivity contribution in [3.05, 3.63) is 55.5 Å². The smallest absolute Gasteiger partial charge is 0.271 e. The molecule has 4 aliphatic heterocycles. The number of hydrogen-bond acceptors (Lipinski definition) is 12. The number of amides is 4. The zero-order chi connectivity index (χ0) is 53.2. The summed E-state index contributed by atoms with van der Waals surface area (Å²) in [6.45, 7) is 9.89. The number of rotatable bonds is 36. The van der Waals surface area contributed by atoms with Crippen LogP contribution in [0.5, 0.6) is 0 Å². The lowest BCUT2D eigenvalue weighted by Crippen LogP contribution is -2.35. The Morgan fingerprint density at radius 3 is 0.763 bits per heavy atom. The Balaban J connectivity index is 0.893. The highest BCUT2D eigenvalue weighted by Gasteiger charge is 2.42. The maximum atomic E-state index is 14.0. The second-order valence-corrected chi connectivity index (χ2v) is 26.9. The molecule has 0 saturated heterocycles. The fraction of sp³-hybridized carbons (Fsp3) is 0.645. The molecule has 2 atom stereocenters. The van der Waals surface area contributed by atoms with Crippen LogP contribution in [-0.4, -0.2) is 66.5 Å². The molecule has 14 heteroatoms. The van der Waals surface area contributed by atoms with Gasteiger partial charge in [0.2, 0.25) is 0 Å². The monoisotopic (exact) mass is 1110 g/mol. The summed E-state index contributed by atoms with van der Waals surface area (Å²) < 4.78 is 2.26. The first-order valence-corrected chi connectivity index (χ1v) is 33.4. The van der Waals surface area contributed by atoms with Crippen LogP contribution in [0.3, 0.4) is 0 Å². The highest BCUT2D eigenvalue weighted by atomic mass is 32.2. The number of thioether (sulfide) groups is 4. The van der Waals surface area contributed by atoms with Gasteiger partial charge in [-0.15, -0.1) is 0 Å². The van der Waals surface area contributed by atoms with E-state index in [-0.39, 0.29) is 58.2 Å². The van der Waals surface area contributed by atoms with E-state index in [0.717, 1.165) is 79.4 Å². The number of aromatic nitrogens is 4. The van der Waals surface area contributed by atoms with Crippen LogP contribution in [0.1, 0.15) is 275 Å². The van der Waals surface area contributed by atoms with E-state index in [0.29, 0.717) is 35.2 Å². The molecule has 0 aliphatic carbocycles. The van der Waals surface area contributed by atoms with Crippen molar-refractivity contribution in [2.75, 3.05) is 13.1 Å². The first-order valence-electron chi connectivity index (χ1n) is 30.1. The number of imide groups is 2. The molecule has 2 unspecified atom stereocenters. The summed E-state index contributed by atoms with van der Waals surface area (Å²) in [6, 6.07) is 8.05.